The molecule has 0 N–H and O–H groups in total. The van der Waals surface area contributed by atoms with Crippen LogP contribution in [-0.2, 0) is 14.8 Å². The molecule has 10 heteroatoms. The van der Waals surface area contributed by atoms with Gasteiger partial charge in [0.1, 0.15) is 16.5 Å². The van der Waals surface area contributed by atoms with Crippen LogP contribution in [-0.4, -0.2) is 76.0 Å². The topological polar surface area (TPSA) is 70.2 Å². The summed E-state index contributed by atoms with van der Waals surface area (Å²) >= 11 is 0. The van der Waals surface area contributed by atoms with Crippen LogP contribution < -0.4 is 4.90 Å². The number of hydrogen-bond acceptors (Lipinski definition) is 5. The Kier molecular flexibility index (Phi) is 6.22. The third-order valence-corrected chi connectivity index (χ3v) is 7.44. The standard InChI is InChI=1S/C21H23F2N3O4S/c22-17-3-6-19(23)20(15-17)31(28,29)26-9-7-25(8-10-26)21(27)16-1-4-18(5-2-16)24-11-13-30-14-12-24/h1-6,15H,7-14H2. The van der Waals surface area contributed by atoms with E-state index in [1.54, 1.807) is 17.0 Å². The fraction of sp³-hybridized carbons (Fsp3) is 0.381. The van der Waals surface area contributed by atoms with Gasteiger partial charge in [0.25, 0.3) is 5.91 Å². The highest BCUT2D eigenvalue weighted by atomic mass is 32.2. The van der Waals surface area contributed by atoms with E-state index in [0.717, 1.165) is 35.2 Å². The van der Waals surface area contributed by atoms with Crippen molar-refractivity contribution >= 4 is 21.6 Å². The average molecular weight is 451 g/mol. The average Bonchev–Trinajstić information content (AvgIpc) is 2.81. The highest BCUT2D eigenvalue weighted by molar-refractivity contribution is 7.89. The summed E-state index contributed by atoms with van der Waals surface area (Å²) in [6, 6.07) is 9.66. The normalized spacial score (nSPS) is 18.3. The van der Waals surface area contributed by atoms with Gasteiger partial charge in [0.15, 0.2) is 0 Å². The van der Waals surface area contributed by atoms with Crippen LogP contribution >= 0.6 is 0 Å². The number of halogens is 2. The molecule has 2 aromatic rings. The molecule has 2 aromatic carbocycles. The summed E-state index contributed by atoms with van der Waals surface area (Å²) in [7, 11) is -4.18. The minimum absolute atomic E-state index is 0.00981. The van der Waals surface area contributed by atoms with Crippen molar-refractivity contribution in [1.82, 2.24) is 9.21 Å². The van der Waals surface area contributed by atoms with Gasteiger partial charge < -0.3 is 14.5 Å². The molecule has 1 amide bonds. The molecule has 0 radical (unpaired) electrons. The second-order valence-electron chi connectivity index (χ2n) is 7.42. The van der Waals surface area contributed by atoms with Gasteiger partial charge in [0.05, 0.1) is 13.2 Å². The molecular weight excluding hydrogens is 428 g/mol. The van der Waals surface area contributed by atoms with Crippen molar-refractivity contribution in [2.45, 2.75) is 4.90 Å². The van der Waals surface area contributed by atoms with E-state index >= 15 is 0 Å². The first kappa shape index (κ1) is 21.7. The number of nitrogens with zero attached hydrogens (tertiary/aromatic N) is 3. The van der Waals surface area contributed by atoms with E-state index in [4.69, 9.17) is 4.74 Å². The van der Waals surface area contributed by atoms with Gasteiger partial charge in [-0.15, -0.1) is 0 Å². The second kappa shape index (κ2) is 8.89. The van der Waals surface area contributed by atoms with E-state index in [1.165, 1.54) is 0 Å². The molecule has 0 saturated carbocycles. The van der Waals surface area contributed by atoms with E-state index in [0.29, 0.717) is 24.8 Å². The lowest BCUT2D eigenvalue weighted by atomic mass is 10.1. The van der Waals surface area contributed by atoms with Crippen LogP contribution in [0, 0.1) is 11.6 Å². The molecule has 166 valence electrons. The molecule has 0 atom stereocenters. The highest BCUT2D eigenvalue weighted by Gasteiger charge is 2.32. The number of carbonyl (C=O) groups excluding carboxylic acids is 1. The summed E-state index contributed by atoms with van der Waals surface area (Å²) < 4.78 is 59.2. The number of carbonyl (C=O) groups is 1. The summed E-state index contributed by atoms with van der Waals surface area (Å²) in [6.45, 7) is 3.30. The monoisotopic (exact) mass is 451 g/mol. The number of morpholine rings is 1. The van der Waals surface area contributed by atoms with Crippen LogP contribution in [0.15, 0.2) is 47.4 Å². The van der Waals surface area contributed by atoms with Crippen molar-refractivity contribution in [3.05, 3.63) is 59.7 Å². The van der Waals surface area contributed by atoms with Crippen LogP contribution in [0.25, 0.3) is 0 Å². The fourth-order valence-electron chi connectivity index (χ4n) is 3.76. The molecule has 2 aliphatic heterocycles. The van der Waals surface area contributed by atoms with E-state index in [9.17, 15) is 22.0 Å². The van der Waals surface area contributed by atoms with Gasteiger partial charge in [0, 0.05) is 50.5 Å². The Labute approximate surface area is 179 Å². The zero-order valence-electron chi connectivity index (χ0n) is 16.8. The van der Waals surface area contributed by atoms with E-state index < -0.39 is 26.6 Å². The van der Waals surface area contributed by atoms with E-state index in [-0.39, 0.29) is 32.1 Å². The number of anilines is 1. The van der Waals surface area contributed by atoms with E-state index in [1.807, 2.05) is 12.1 Å². The molecule has 2 fully saturated rings. The Morgan fingerprint density at radius 3 is 2.16 bits per heavy atom. The van der Waals surface area contributed by atoms with Crippen LogP contribution in [0.1, 0.15) is 10.4 Å². The second-order valence-corrected chi connectivity index (χ2v) is 9.32. The van der Waals surface area contributed by atoms with Crippen LogP contribution in [0.5, 0.6) is 0 Å². The van der Waals surface area contributed by atoms with Crippen molar-refractivity contribution in [3.8, 4) is 0 Å². The molecular formula is C21H23F2N3O4S. The largest absolute Gasteiger partial charge is 0.378 e. The lowest BCUT2D eigenvalue weighted by molar-refractivity contribution is 0.0697. The zero-order chi connectivity index (χ0) is 22.0. The van der Waals surface area contributed by atoms with Crippen molar-refractivity contribution < 1.29 is 26.7 Å². The van der Waals surface area contributed by atoms with Crippen molar-refractivity contribution in [2.24, 2.45) is 0 Å². The Balaban J connectivity index is 1.40. The van der Waals surface area contributed by atoms with Crippen molar-refractivity contribution in [3.63, 3.8) is 0 Å². The zero-order valence-corrected chi connectivity index (χ0v) is 17.7. The maximum atomic E-state index is 14.0. The van der Waals surface area contributed by atoms with Gasteiger partial charge in [0.2, 0.25) is 10.0 Å². The SMILES string of the molecule is O=C(c1ccc(N2CCOCC2)cc1)N1CCN(S(=O)(=O)c2cc(F)ccc2F)CC1. The number of hydrogen-bond donors (Lipinski definition) is 0. The third kappa shape index (κ3) is 4.56. The summed E-state index contributed by atoms with van der Waals surface area (Å²) in [5.74, 6) is -2.02. The Hall–Kier alpha value is -2.56. The van der Waals surface area contributed by atoms with Gasteiger partial charge in [-0.3, -0.25) is 4.79 Å². The third-order valence-electron chi connectivity index (χ3n) is 5.53. The van der Waals surface area contributed by atoms with Crippen molar-refractivity contribution in [2.75, 3.05) is 57.4 Å². The number of piperazine rings is 1. The number of rotatable bonds is 4. The molecule has 4 rings (SSSR count). The highest BCUT2D eigenvalue weighted by Crippen LogP contribution is 2.23. The van der Waals surface area contributed by atoms with Crippen molar-refractivity contribution in [1.29, 1.82) is 0 Å². The predicted molar refractivity (Wildman–Crippen MR) is 110 cm³/mol. The maximum absolute atomic E-state index is 14.0. The van der Waals surface area contributed by atoms with Gasteiger partial charge >= 0.3 is 0 Å². The molecule has 2 saturated heterocycles. The lowest BCUT2D eigenvalue weighted by Gasteiger charge is -2.34. The number of sulfonamides is 1. The van der Waals surface area contributed by atoms with Gasteiger partial charge in [-0.25, -0.2) is 17.2 Å². The molecule has 2 aliphatic rings. The molecule has 0 bridgehead atoms. The number of benzene rings is 2. The summed E-state index contributed by atoms with van der Waals surface area (Å²) in [4.78, 5) is 15.9. The van der Waals surface area contributed by atoms with Crippen LogP contribution in [0.4, 0.5) is 14.5 Å². The molecule has 0 aliphatic carbocycles. The first-order valence-electron chi connectivity index (χ1n) is 10.0. The van der Waals surface area contributed by atoms with Gasteiger partial charge in [-0.1, -0.05) is 0 Å². The van der Waals surface area contributed by atoms with Crippen LogP contribution in [0.3, 0.4) is 0 Å². The molecule has 0 unspecified atom stereocenters. The first-order valence-corrected chi connectivity index (χ1v) is 11.5. The molecule has 31 heavy (non-hydrogen) atoms. The number of amides is 1. The first-order chi connectivity index (χ1) is 14.9. The summed E-state index contributed by atoms with van der Waals surface area (Å²) in [6.07, 6.45) is 0. The van der Waals surface area contributed by atoms with Gasteiger partial charge in [-0.2, -0.15) is 4.31 Å². The Morgan fingerprint density at radius 2 is 1.52 bits per heavy atom. The number of ether oxygens (including phenoxy) is 1. The summed E-state index contributed by atoms with van der Waals surface area (Å²) in [5.41, 5.74) is 1.54. The molecule has 7 nitrogen and oxygen atoms in total. The van der Waals surface area contributed by atoms with Crippen LogP contribution in [0.2, 0.25) is 0 Å². The Bertz CT molecular complexity index is 1050. The molecule has 0 spiro atoms. The molecule has 2 heterocycles. The predicted octanol–water partition coefficient (Wildman–Crippen LogP) is 1.95. The Morgan fingerprint density at radius 1 is 0.871 bits per heavy atom. The quantitative estimate of drug-likeness (QED) is 0.711. The van der Waals surface area contributed by atoms with Gasteiger partial charge in [-0.05, 0) is 42.5 Å². The summed E-state index contributed by atoms with van der Waals surface area (Å²) in [5, 5.41) is 0. The smallest absolute Gasteiger partial charge is 0.253 e. The minimum Gasteiger partial charge on any atom is -0.378 e. The molecule has 0 aromatic heterocycles. The fourth-order valence-corrected chi connectivity index (χ4v) is 5.26. The van der Waals surface area contributed by atoms with E-state index in [2.05, 4.69) is 4.90 Å². The maximum Gasteiger partial charge on any atom is 0.253 e. The minimum atomic E-state index is -4.18. The lowest BCUT2D eigenvalue weighted by Crippen LogP contribution is -2.50.